The summed E-state index contributed by atoms with van der Waals surface area (Å²) in [5.74, 6) is 2.16. The summed E-state index contributed by atoms with van der Waals surface area (Å²) in [6, 6.07) is 7.09. The Morgan fingerprint density at radius 2 is 2.27 bits per heavy atom. The Labute approximate surface area is 153 Å². The van der Waals surface area contributed by atoms with Gasteiger partial charge in [-0.1, -0.05) is 11.8 Å². The van der Waals surface area contributed by atoms with E-state index in [2.05, 4.69) is 20.6 Å². The van der Waals surface area contributed by atoms with E-state index in [1.807, 2.05) is 25.1 Å². The Bertz CT molecular complexity index is 945. The Kier molecular flexibility index (Phi) is 4.33. The number of aromatic nitrogens is 4. The maximum absolute atomic E-state index is 12.8. The van der Waals surface area contributed by atoms with Crippen molar-refractivity contribution in [3.63, 3.8) is 0 Å². The van der Waals surface area contributed by atoms with Crippen LogP contribution in [-0.4, -0.2) is 42.6 Å². The predicted molar refractivity (Wildman–Crippen MR) is 92.4 cm³/mol. The number of tetrazole rings is 1. The maximum atomic E-state index is 12.8. The van der Waals surface area contributed by atoms with Crippen LogP contribution in [0.15, 0.2) is 49.6 Å². The zero-order valence-electron chi connectivity index (χ0n) is 14.2. The first-order valence-corrected chi connectivity index (χ1v) is 8.95. The van der Waals surface area contributed by atoms with Gasteiger partial charge < -0.3 is 8.83 Å². The van der Waals surface area contributed by atoms with E-state index in [4.69, 9.17) is 8.83 Å². The number of hydrazone groups is 1. The average Bonchev–Trinajstić information content (AvgIpc) is 3.39. The van der Waals surface area contributed by atoms with Crippen LogP contribution < -0.4 is 0 Å². The number of aryl methyl sites for hydroxylation is 2. The molecule has 0 aliphatic carbocycles. The molecule has 4 heterocycles. The molecule has 4 rings (SSSR count). The van der Waals surface area contributed by atoms with E-state index in [0.717, 1.165) is 11.5 Å². The van der Waals surface area contributed by atoms with E-state index in [1.54, 1.807) is 19.4 Å². The summed E-state index contributed by atoms with van der Waals surface area (Å²) in [6.07, 6.45) is 2.12. The number of hydrogen-bond acceptors (Lipinski definition) is 8. The summed E-state index contributed by atoms with van der Waals surface area (Å²) in [5, 5.41) is 17.7. The number of nitrogens with zero attached hydrogens (tertiary/aromatic N) is 6. The lowest BCUT2D eigenvalue weighted by Gasteiger charge is -2.19. The minimum absolute atomic E-state index is 0.155. The summed E-state index contributed by atoms with van der Waals surface area (Å²) >= 11 is 1.26. The number of amides is 1. The summed E-state index contributed by atoms with van der Waals surface area (Å²) in [5.41, 5.74) is 0.721. The van der Waals surface area contributed by atoms with Crippen LogP contribution in [0.25, 0.3) is 0 Å². The van der Waals surface area contributed by atoms with Crippen molar-refractivity contribution >= 4 is 23.4 Å². The van der Waals surface area contributed by atoms with Gasteiger partial charge in [-0.05, 0) is 41.6 Å². The summed E-state index contributed by atoms with van der Waals surface area (Å²) in [7, 11) is 1.73. The van der Waals surface area contributed by atoms with Crippen molar-refractivity contribution in [1.82, 2.24) is 25.2 Å². The largest absolute Gasteiger partial charge is 0.467 e. The van der Waals surface area contributed by atoms with Gasteiger partial charge in [-0.15, -0.1) is 5.10 Å². The lowest BCUT2D eigenvalue weighted by molar-refractivity contribution is -0.130. The first-order valence-electron chi connectivity index (χ1n) is 7.96. The first kappa shape index (κ1) is 16.6. The maximum Gasteiger partial charge on any atom is 0.253 e. The van der Waals surface area contributed by atoms with Gasteiger partial charge in [0.25, 0.3) is 5.91 Å². The van der Waals surface area contributed by atoms with Gasteiger partial charge in [0.15, 0.2) is 0 Å². The van der Waals surface area contributed by atoms with Crippen LogP contribution in [0, 0.1) is 6.92 Å². The molecule has 3 aromatic heterocycles. The molecular formula is C16H16N6O3S. The van der Waals surface area contributed by atoms with Gasteiger partial charge in [0, 0.05) is 13.5 Å². The van der Waals surface area contributed by atoms with Gasteiger partial charge in [-0.3, -0.25) is 4.79 Å². The molecule has 0 fully saturated rings. The summed E-state index contributed by atoms with van der Waals surface area (Å²) in [6.45, 7) is 1.87. The molecule has 0 N–H and O–H groups in total. The lowest BCUT2D eigenvalue weighted by atomic mass is 10.1. The molecule has 1 aliphatic heterocycles. The van der Waals surface area contributed by atoms with Crippen LogP contribution in [0.3, 0.4) is 0 Å². The van der Waals surface area contributed by atoms with Crippen LogP contribution in [0.2, 0.25) is 0 Å². The van der Waals surface area contributed by atoms with Crippen LogP contribution in [0.1, 0.15) is 29.7 Å². The number of carbonyl (C=O) groups is 1. The lowest BCUT2D eigenvalue weighted by Crippen LogP contribution is -2.28. The number of carbonyl (C=O) groups excluding carboxylic acids is 1. The monoisotopic (exact) mass is 372 g/mol. The van der Waals surface area contributed by atoms with E-state index in [9.17, 15) is 4.79 Å². The molecule has 0 aromatic carbocycles. The minimum Gasteiger partial charge on any atom is -0.467 e. The smallest absolute Gasteiger partial charge is 0.253 e. The standard InChI is InChI=1S/C16H16N6O3S/c1-10-5-6-13(25-10)11-8-12(14-4-3-7-24-14)22(18-11)15(23)9-26-16-17-19-20-21(16)2/h3-7,12H,8-9H2,1-2H3/t12-/m0/s1. The third-order valence-electron chi connectivity index (χ3n) is 3.97. The zero-order valence-corrected chi connectivity index (χ0v) is 15.0. The van der Waals surface area contributed by atoms with Crippen molar-refractivity contribution in [2.75, 3.05) is 5.75 Å². The van der Waals surface area contributed by atoms with Crippen molar-refractivity contribution < 1.29 is 13.6 Å². The molecule has 0 radical (unpaired) electrons. The van der Waals surface area contributed by atoms with Gasteiger partial charge in [0.2, 0.25) is 5.16 Å². The first-order chi connectivity index (χ1) is 12.6. The Morgan fingerprint density at radius 3 is 2.92 bits per heavy atom. The molecule has 1 aliphatic rings. The summed E-state index contributed by atoms with van der Waals surface area (Å²) < 4.78 is 12.7. The highest BCUT2D eigenvalue weighted by atomic mass is 32.2. The fraction of sp³-hybridized carbons (Fsp3) is 0.312. The molecule has 0 bridgehead atoms. The molecule has 10 heteroatoms. The van der Waals surface area contributed by atoms with Crippen LogP contribution in [0.5, 0.6) is 0 Å². The second kappa shape index (κ2) is 6.79. The second-order valence-corrected chi connectivity index (χ2v) is 6.75. The van der Waals surface area contributed by atoms with Gasteiger partial charge >= 0.3 is 0 Å². The fourth-order valence-corrected chi connectivity index (χ4v) is 3.42. The van der Waals surface area contributed by atoms with E-state index in [-0.39, 0.29) is 17.7 Å². The van der Waals surface area contributed by atoms with Crippen LogP contribution in [-0.2, 0) is 11.8 Å². The van der Waals surface area contributed by atoms with Gasteiger partial charge in [0.05, 0.1) is 12.0 Å². The average molecular weight is 372 g/mol. The number of thioether (sulfide) groups is 1. The van der Waals surface area contributed by atoms with Crippen molar-refractivity contribution in [3.05, 3.63) is 47.8 Å². The topological polar surface area (TPSA) is 103 Å². The highest BCUT2D eigenvalue weighted by molar-refractivity contribution is 7.99. The Hall–Kier alpha value is -2.88. The van der Waals surface area contributed by atoms with Gasteiger partial charge in [-0.2, -0.15) is 5.10 Å². The van der Waals surface area contributed by atoms with E-state index in [0.29, 0.717) is 23.1 Å². The third-order valence-corrected chi connectivity index (χ3v) is 4.96. The Morgan fingerprint density at radius 1 is 1.38 bits per heavy atom. The molecule has 0 saturated carbocycles. The molecule has 1 atom stereocenters. The van der Waals surface area contributed by atoms with Crippen LogP contribution in [0.4, 0.5) is 0 Å². The van der Waals surface area contributed by atoms with E-state index in [1.165, 1.54) is 21.5 Å². The highest BCUT2D eigenvalue weighted by Crippen LogP contribution is 2.34. The molecule has 3 aromatic rings. The van der Waals surface area contributed by atoms with Gasteiger partial charge in [0.1, 0.15) is 29.0 Å². The minimum atomic E-state index is -0.295. The molecular weight excluding hydrogens is 356 g/mol. The summed E-state index contributed by atoms with van der Waals surface area (Å²) in [4.78, 5) is 12.8. The number of rotatable bonds is 5. The van der Waals surface area contributed by atoms with Gasteiger partial charge in [-0.25, -0.2) is 9.69 Å². The third kappa shape index (κ3) is 3.15. The quantitative estimate of drug-likeness (QED) is 0.632. The number of furan rings is 2. The second-order valence-electron chi connectivity index (χ2n) is 5.80. The van der Waals surface area contributed by atoms with Crippen molar-refractivity contribution in [3.8, 4) is 0 Å². The van der Waals surface area contributed by atoms with Crippen molar-refractivity contribution in [2.45, 2.75) is 24.5 Å². The van der Waals surface area contributed by atoms with E-state index < -0.39 is 0 Å². The normalized spacial score (nSPS) is 16.9. The van der Waals surface area contributed by atoms with Crippen molar-refractivity contribution in [1.29, 1.82) is 0 Å². The van der Waals surface area contributed by atoms with Crippen molar-refractivity contribution in [2.24, 2.45) is 12.1 Å². The molecule has 1 amide bonds. The molecule has 0 saturated heterocycles. The fourth-order valence-electron chi connectivity index (χ4n) is 2.72. The highest BCUT2D eigenvalue weighted by Gasteiger charge is 2.35. The zero-order chi connectivity index (χ0) is 18.1. The van der Waals surface area contributed by atoms with E-state index >= 15 is 0 Å². The SMILES string of the molecule is Cc1ccc(C2=NN(C(=O)CSc3nnnn3C)[C@H](c3ccco3)C2)o1. The molecule has 0 spiro atoms. The van der Waals surface area contributed by atoms with Crippen LogP contribution >= 0.6 is 11.8 Å². The Balaban J connectivity index is 1.56. The predicted octanol–water partition coefficient (Wildman–Crippen LogP) is 2.17. The molecule has 0 unspecified atom stereocenters. The number of hydrogen-bond donors (Lipinski definition) is 0. The molecule has 9 nitrogen and oxygen atoms in total. The molecule has 134 valence electrons. The molecule has 26 heavy (non-hydrogen) atoms.